The third-order valence-electron chi connectivity index (χ3n) is 3.15. The molecule has 0 bridgehead atoms. The van der Waals surface area contributed by atoms with Crippen molar-refractivity contribution in [2.75, 3.05) is 0 Å². The predicted molar refractivity (Wildman–Crippen MR) is 68.2 cm³/mol. The molecular formula is C15H19N. The first-order chi connectivity index (χ1) is 7.62. The topological polar surface area (TPSA) is 12.0 Å². The highest BCUT2D eigenvalue weighted by Crippen LogP contribution is 2.41. The number of hydrogen-bond acceptors (Lipinski definition) is 1. The molecule has 0 amide bonds. The molecule has 0 spiro atoms. The summed E-state index contributed by atoms with van der Waals surface area (Å²) >= 11 is 0. The van der Waals surface area contributed by atoms with Gasteiger partial charge in [-0.25, -0.2) is 0 Å². The Balaban J connectivity index is 2.07. The Hall–Kier alpha value is -1.26. The summed E-state index contributed by atoms with van der Waals surface area (Å²) in [6.07, 6.45) is 8.15. The normalized spacial score (nSPS) is 15.8. The zero-order valence-corrected chi connectivity index (χ0v) is 10.1. The molecule has 1 saturated carbocycles. The summed E-state index contributed by atoms with van der Waals surface area (Å²) in [7, 11) is 0. The molecule has 0 unspecified atom stereocenters. The smallest absolute Gasteiger partial charge is 0.0743 e. The van der Waals surface area contributed by atoms with Crippen LogP contribution in [0.3, 0.4) is 0 Å². The van der Waals surface area contributed by atoms with E-state index in [-0.39, 0.29) is 5.54 Å². The van der Waals surface area contributed by atoms with E-state index in [2.05, 4.69) is 35.5 Å². The van der Waals surface area contributed by atoms with Crippen LogP contribution < -0.4 is 5.32 Å². The van der Waals surface area contributed by atoms with Crippen LogP contribution >= 0.6 is 0 Å². The molecule has 0 aromatic heterocycles. The first-order valence-corrected chi connectivity index (χ1v) is 5.93. The SMILES string of the molecule is C#CC(C)(C)NCc1ccccc1C1CC1. The van der Waals surface area contributed by atoms with Gasteiger partial charge < -0.3 is 0 Å². The Labute approximate surface area is 98.3 Å². The van der Waals surface area contributed by atoms with Gasteiger partial charge in [-0.05, 0) is 43.7 Å². The Kier molecular flexibility index (Phi) is 3.03. The van der Waals surface area contributed by atoms with Crippen molar-refractivity contribution in [1.82, 2.24) is 5.32 Å². The lowest BCUT2D eigenvalue weighted by Crippen LogP contribution is -2.37. The van der Waals surface area contributed by atoms with Crippen LogP contribution in [0.4, 0.5) is 0 Å². The average Bonchev–Trinajstić information content (AvgIpc) is 3.11. The van der Waals surface area contributed by atoms with Gasteiger partial charge in [0.15, 0.2) is 0 Å². The van der Waals surface area contributed by atoms with Gasteiger partial charge in [0.05, 0.1) is 5.54 Å². The number of terminal acetylenes is 1. The van der Waals surface area contributed by atoms with E-state index in [1.807, 2.05) is 13.8 Å². The third kappa shape index (κ3) is 2.65. The van der Waals surface area contributed by atoms with Crippen molar-refractivity contribution in [3.8, 4) is 12.3 Å². The Morgan fingerprint density at radius 3 is 2.69 bits per heavy atom. The van der Waals surface area contributed by atoms with E-state index in [1.165, 1.54) is 24.0 Å². The molecule has 0 radical (unpaired) electrons. The van der Waals surface area contributed by atoms with Crippen molar-refractivity contribution in [2.45, 2.75) is 44.7 Å². The third-order valence-corrected chi connectivity index (χ3v) is 3.15. The maximum absolute atomic E-state index is 5.47. The molecule has 2 rings (SSSR count). The van der Waals surface area contributed by atoms with Crippen LogP contribution in [0.15, 0.2) is 24.3 Å². The van der Waals surface area contributed by atoms with Crippen LogP contribution in [0.5, 0.6) is 0 Å². The molecule has 1 aromatic carbocycles. The van der Waals surface area contributed by atoms with Gasteiger partial charge >= 0.3 is 0 Å². The van der Waals surface area contributed by atoms with Crippen molar-refractivity contribution in [3.05, 3.63) is 35.4 Å². The highest BCUT2D eigenvalue weighted by atomic mass is 14.9. The molecule has 1 aromatic rings. The second-order valence-electron chi connectivity index (χ2n) is 5.10. The molecule has 84 valence electrons. The summed E-state index contributed by atoms with van der Waals surface area (Å²) in [6, 6.07) is 8.68. The highest BCUT2D eigenvalue weighted by molar-refractivity contribution is 5.33. The molecule has 0 saturated heterocycles. The van der Waals surface area contributed by atoms with Crippen LogP contribution in [-0.2, 0) is 6.54 Å². The molecule has 0 aliphatic heterocycles. The number of hydrogen-bond donors (Lipinski definition) is 1. The minimum Gasteiger partial charge on any atom is -0.297 e. The van der Waals surface area contributed by atoms with Crippen molar-refractivity contribution in [1.29, 1.82) is 0 Å². The second kappa shape index (κ2) is 4.31. The quantitative estimate of drug-likeness (QED) is 0.758. The van der Waals surface area contributed by atoms with Crippen LogP contribution in [0.25, 0.3) is 0 Å². The number of nitrogens with one attached hydrogen (secondary N) is 1. The standard InChI is InChI=1S/C15H19N/c1-4-15(2,3)16-11-13-7-5-6-8-14(13)12-9-10-12/h1,5-8,12,16H,9-11H2,2-3H3. The molecule has 0 atom stereocenters. The molecule has 0 heterocycles. The first kappa shape index (κ1) is 11.2. The van der Waals surface area contributed by atoms with E-state index in [0.717, 1.165) is 12.5 Å². The second-order valence-corrected chi connectivity index (χ2v) is 5.10. The predicted octanol–water partition coefficient (Wildman–Crippen LogP) is 3.07. The minimum absolute atomic E-state index is 0.226. The summed E-state index contributed by atoms with van der Waals surface area (Å²) in [5.74, 6) is 3.56. The molecular weight excluding hydrogens is 194 g/mol. The highest BCUT2D eigenvalue weighted by Gasteiger charge is 2.25. The van der Waals surface area contributed by atoms with Gasteiger partial charge in [0, 0.05) is 6.54 Å². The maximum Gasteiger partial charge on any atom is 0.0743 e. The lowest BCUT2D eigenvalue weighted by atomic mass is 10.0. The monoisotopic (exact) mass is 213 g/mol. The van der Waals surface area contributed by atoms with Crippen LogP contribution in [0, 0.1) is 12.3 Å². The lowest BCUT2D eigenvalue weighted by Gasteiger charge is -2.20. The Morgan fingerprint density at radius 2 is 2.06 bits per heavy atom. The molecule has 1 aliphatic carbocycles. The number of rotatable bonds is 4. The van der Waals surface area contributed by atoms with Gasteiger partial charge in [0.1, 0.15) is 0 Å². The van der Waals surface area contributed by atoms with E-state index in [0.29, 0.717) is 0 Å². The molecule has 16 heavy (non-hydrogen) atoms. The van der Waals surface area contributed by atoms with Gasteiger partial charge in [-0.1, -0.05) is 30.2 Å². The Bertz CT molecular complexity index is 408. The fourth-order valence-corrected chi connectivity index (χ4v) is 1.86. The Morgan fingerprint density at radius 1 is 1.38 bits per heavy atom. The van der Waals surface area contributed by atoms with Gasteiger partial charge in [0.2, 0.25) is 0 Å². The van der Waals surface area contributed by atoms with E-state index >= 15 is 0 Å². The summed E-state index contributed by atoms with van der Waals surface area (Å²) in [6.45, 7) is 4.93. The van der Waals surface area contributed by atoms with Crippen molar-refractivity contribution < 1.29 is 0 Å². The molecule has 1 aliphatic rings. The van der Waals surface area contributed by atoms with Gasteiger partial charge in [-0.2, -0.15) is 0 Å². The van der Waals surface area contributed by atoms with Crippen molar-refractivity contribution in [3.63, 3.8) is 0 Å². The minimum atomic E-state index is -0.226. The van der Waals surface area contributed by atoms with Crippen LogP contribution in [0.1, 0.15) is 43.7 Å². The van der Waals surface area contributed by atoms with Crippen LogP contribution in [-0.4, -0.2) is 5.54 Å². The van der Waals surface area contributed by atoms with E-state index in [4.69, 9.17) is 6.42 Å². The first-order valence-electron chi connectivity index (χ1n) is 5.93. The van der Waals surface area contributed by atoms with Gasteiger partial charge in [-0.3, -0.25) is 5.32 Å². The van der Waals surface area contributed by atoms with E-state index < -0.39 is 0 Å². The molecule has 1 heteroatoms. The molecule has 1 N–H and O–H groups in total. The average molecular weight is 213 g/mol. The van der Waals surface area contributed by atoms with Gasteiger partial charge in [-0.15, -0.1) is 6.42 Å². The zero-order chi connectivity index (χ0) is 11.6. The fraction of sp³-hybridized carbons (Fsp3) is 0.467. The lowest BCUT2D eigenvalue weighted by molar-refractivity contribution is 0.489. The molecule has 1 fully saturated rings. The largest absolute Gasteiger partial charge is 0.297 e. The van der Waals surface area contributed by atoms with Gasteiger partial charge in [0.25, 0.3) is 0 Å². The van der Waals surface area contributed by atoms with E-state index in [9.17, 15) is 0 Å². The fourth-order valence-electron chi connectivity index (χ4n) is 1.86. The van der Waals surface area contributed by atoms with E-state index in [1.54, 1.807) is 0 Å². The number of benzene rings is 1. The van der Waals surface area contributed by atoms with Crippen molar-refractivity contribution in [2.24, 2.45) is 0 Å². The van der Waals surface area contributed by atoms with Crippen LogP contribution in [0.2, 0.25) is 0 Å². The summed E-state index contributed by atoms with van der Waals surface area (Å²) in [5, 5.41) is 3.41. The van der Waals surface area contributed by atoms with Crippen molar-refractivity contribution >= 4 is 0 Å². The summed E-state index contributed by atoms with van der Waals surface area (Å²) in [5.41, 5.74) is 2.67. The summed E-state index contributed by atoms with van der Waals surface area (Å²) < 4.78 is 0. The maximum atomic E-state index is 5.47. The zero-order valence-electron chi connectivity index (χ0n) is 10.1. The summed E-state index contributed by atoms with van der Waals surface area (Å²) in [4.78, 5) is 0. The molecule has 1 nitrogen and oxygen atoms in total.